The van der Waals surface area contributed by atoms with Gasteiger partial charge in [0.25, 0.3) is 5.24 Å². The van der Waals surface area contributed by atoms with Gasteiger partial charge in [0.15, 0.2) is 11.4 Å². The minimum Gasteiger partial charge on any atom is -0.459 e. The van der Waals surface area contributed by atoms with Crippen LogP contribution in [0.1, 0.15) is 15.9 Å². The Balaban J connectivity index is 2.03. The van der Waals surface area contributed by atoms with E-state index in [1.165, 1.54) is 24.2 Å². The van der Waals surface area contributed by atoms with Gasteiger partial charge in [-0.25, -0.2) is 12.8 Å². The molecule has 2 aromatic rings. The molecule has 1 aromatic heterocycles. The highest BCUT2D eigenvalue weighted by Gasteiger charge is 2.35. The summed E-state index contributed by atoms with van der Waals surface area (Å²) >= 11 is 0.927. The van der Waals surface area contributed by atoms with Gasteiger partial charge in [-0.2, -0.15) is 0 Å². The minimum absolute atomic E-state index is 0.0301. The van der Waals surface area contributed by atoms with Crippen molar-refractivity contribution in [2.75, 3.05) is 23.5 Å². The Morgan fingerprint density at radius 2 is 2.21 bits per heavy atom. The lowest BCUT2D eigenvalue weighted by molar-refractivity contribution is 0.112. The van der Waals surface area contributed by atoms with Crippen molar-refractivity contribution < 1.29 is 26.8 Å². The maximum atomic E-state index is 14.3. The van der Waals surface area contributed by atoms with Gasteiger partial charge >= 0.3 is 0 Å². The molecule has 0 aliphatic carbocycles. The summed E-state index contributed by atoms with van der Waals surface area (Å²) in [7, 11) is -3.22. The van der Waals surface area contributed by atoms with Crippen molar-refractivity contribution in [2.24, 2.45) is 0 Å². The number of aldehydes is 1. The standard InChI is InChI=1S/C15H14FNO5S2/c1-8-9(5-18)3-11-12(6-22-14(11)13(8)16)17-4-10(23-15(17)19)7-24(2,20)21/h3,5-6,10H,4,7H2,1-2H3/t10-/m1/s1. The van der Waals surface area contributed by atoms with Crippen molar-refractivity contribution in [3.8, 4) is 0 Å². The van der Waals surface area contributed by atoms with E-state index in [1.54, 1.807) is 0 Å². The van der Waals surface area contributed by atoms with Crippen molar-refractivity contribution in [3.05, 3.63) is 29.3 Å². The molecule has 1 atom stereocenters. The first-order chi connectivity index (χ1) is 11.2. The van der Waals surface area contributed by atoms with E-state index < -0.39 is 20.9 Å². The Labute approximate surface area is 141 Å². The molecule has 0 N–H and O–H groups in total. The Morgan fingerprint density at radius 3 is 2.83 bits per heavy atom. The molecule has 0 spiro atoms. The van der Waals surface area contributed by atoms with Gasteiger partial charge in [0.2, 0.25) is 0 Å². The highest BCUT2D eigenvalue weighted by atomic mass is 32.2. The predicted molar refractivity (Wildman–Crippen MR) is 90.1 cm³/mol. The number of hydrogen-bond acceptors (Lipinski definition) is 6. The van der Waals surface area contributed by atoms with Crippen molar-refractivity contribution in [1.82, 2.24) is 0 Å². The molecule has 2 heterocycles. The summed E-state index contributed by atoms with van der Waals surface area (Å²) in [5.41, 5.74) is 0.656. The number of nitrogens with zero attached hydrogens (tertiary/aromatic N) is 1. The number of thioether (sulfide) groups is 1. The lowest BCUT2D eigenvalue weighted by atomic mass is 10.1. The molecule has 6 nitrogen and oxygen atoms in total. The fourth-order valence-electron chi connectivity index (χ4n) is 2.70. The van der Waals surface area contributed by atoms with E-state index in [0.29, 0.717) is 17.4 Å². The van der Waals surface area contributed by atoms with Crippen LogP contribution in [0.25, 0.3) is 11.0 Å². The number of rotatable bonds is 4. The molecule has 0 radical (unpaired) electrons. The van der Waals surface area contributed by atoms with Crippen LogP contribution in [0.3, 0.4) is 0 Å². The fourth-order valence-corrected chi connectivity index (χ4v) is 5.31. The molecule has 1 saturated heterocycles. The van der Waals surface area contributed by atoms with Gasteiger partial charge < -0.3 is 4.42 Å². The van der Waals surface area contributed by atoms with Gasteiger partial charge in [0.05, 0.1) is 11.4 Å². The van der Waals surface area contributed by atoms with Gasteiger partial charge in [0.1, 0.15) is 22.4 Å². The Morgan fingerprint density at radius 1 is 1.50 bits per heavy atom. The number of furan rings is 1. The number of carbonyl (C=O) groups excluding carboxylic acids is 2. The van der Waals surface area contributed by atoms with Gasteiger partial charge in [-0.05, 0) is 18.6 Å². The molecule has 0 unspecified atom stereocenters. The van der Waals surface area contributed by atoms with Crippen LogP contribution in [0, 0.1) is 12.7 Å². The van der Waals surface area contributed by atoms with Crippen LogP contribution in [0.5, 0.6) is 0 Å². The number of carbonyl (C=O) groups is 2. The van der Waals surface area contributed by atoms with Crippen LogP contribution in [-0.2, 0) is 9.84 Å². The van der Waals surface area contributed by atoms with Crippen LogP contribution in [0.2, 0.25) is 0 Å². The predicted octanol–water partition coefficient (Wildman–Crippen LogP) is 2.78. The molecule has 0 bridgehead atoms. The molecule has 1 amide bonds. The largest absolute Gasteiger partial charge is 0.459 e. The molecule has 9 heteroatoms. The number of hydrogen-bond donors (Lipinski definition) is 0. The molecule has 1 aromatic carbocycles. The lowest BCUT2D eigenvalue weighted by Gasteiger charge is -2.14. The van der Waals surface area contributed by atoms with E-state index in [0.717, 1.165) is 18.0 Å². The summed E-state index contributed by atoms with van der Waals surface area (Å²) in [5.74, 6) is -0.768. The average Bonchev–Trinajstić information content (AvgIpc) is 3.04. The fraction of sp³-hybridized carbons (Fsp3) is 0.333. The first-order valence-corrected chi connectivity index (χ1v) is 9.96. The van der Waals surface area contributed by atoms with Gasteiger partial charge in [-0.15, -0.1) is 0 Å². The van der Waals surface area contributed by atoms with E-state index >= 15 is 0 Å². The number of sulfone groups is 1. The second-order valence-corrected chi connectivity index (χ2v) is 9.17. The van der Waals surface area contributed by atoms with Crippen LogP contribution >= 0.6 is 11.8 Å². The van der Waals surface area contributed by atoms with Gasteiger partial charge in [-0.3, -0.25) is 14.5 Å². The van der Waals surface area contributed by atoms with E-state index in [9.17, 15) is 22.4 Å². The molecular formula is C15H14FNO5S2. The first-order valence-electron chi connectivity index (χ1n) is 7.02. The number of anilines is 1. The van der Waals surface area contributed by atoms with Crippen LogP contribution in [0.15, 0.2) is 16.7 Å². The summed E-state index contributed by atoms with van der Waals surface area (Å²) in [6.45, 7) is 1.65. The highest BCUT2D eigenvalue weighted by molar-refractivity contribution is 8.15. The molecular weight excluding hydrogens is 357 g/mol. The molecule has 1 aliphatic rings. The van der Waals surface area contributed by atoms with E-state index in [1.807, 2.05) is 0 Å². The molecule has 1 aliphatic heterocycles. The van der Waals surface area contributed by atoms with Crippen molar-refractivity contribution in [2.45, 2.75) is 12.2 Å². The Bertz CT molecular complexity index is 950. The third-order valence-corrected chi connectivity index (χ3v) is 6.14. The zero-order chi connectivity index (χ0) is 17.6. The second kappa shape index (κ2) is 5.89. The summed E-state index contributed by atoms with van der Waals surface area (Å²) in [5, 5.41) is -0.424. The SMILES string of the molecule is Cc1c(C=O)cc2c(N3C[C@H](CS(C)(=O)=O)SC3=O)coc2c1F. The quantitative estimate of drug-likeness (QED) is 0.769. The van der Waals surface area contributed by atoms with E-state index in [2.05, 4.69) is 0 Å². The topological polar surface area (TPSA) is 84.7 Å². The Hall–Kier alpha value is -1.87. The monoisotopic (exact) mass is 371 g/mol. The van der Waals surface area contributed by atoms with Gasteiger partial charge in [-0.1, -0.05) is 11.8 Å². The van der Waals surface area contributed by atoms with E-state index in [4.69, 9.17) is 4.42 Å². The lowest BCUT2D eigenvalue weighted by Crippen LogP contribution is -2.26. The number of amides is 1. The molecule has 0 saturated carbocycles. The summed E-state index contributed by atoms with van der Waals surface area (Å²) in [6, 6.07) is 1.47. The van der Waals surface area contributed by atoms with Crippen LogP contribution in [-0.4, -0.2) is 43.7 Å². The second-order valence-electron chi connectivity index (χ2n) is 5.73. The third-order valence-electron chi connectivity index (χ3n) is 3.85. The van der Waals surface area contributed by atoms with Crippen molar-refractivity contribution in [3.63, 3.8) is 0 Å². The van der Waals surface area contributed by atoms with Gasteiger partial charge in [0, 0.05) is 29.0 Å². The molecule has 24 heavy (non-hydrogen) atoms. The summed E-state index contributed by atoms with van der Waals surface area (Å²) in [6.07, 6.45) is 2.91. The van der Waals surface area contributed by atoms with Crippen LogP contribution in [0.4, 0.5) is 14.9 Å². The maximum Gasteiger partial charge on any atom is 0.286 e. The zero-order valence-electron chi connectivity index (χ0n) is 12.9. The summed E-state index contributed by atoms with van der Waals surface area (Å²) < 4.78 is 42.4. The number of halogens is 1. The van der Waals surface area contributed by atoms with Crippen molar-refractivity contribution in [1.29, 1.82) is 0 Å². The normalized spacial score (nSPS) is 18.5. The maximum absolute atomic E-state index is 14.3. The number of benzene rings is 1. The van der Waals surface area contributed by atoms with Crippen LogP contribution < -0.4 is 4.90 Å². The zero-order valence-corrected chi connectivity index (χ0v) is 14.5. The minimum atomic E-state index is -3.22. The Kier molecular flexibility index (Phi) is 4.16. The average molecular weight is 371 g/mol. The first kappa shape index (κ1) is 17.0. The van der Waals surface area contributed by atoms with Crippen molar-refractivity contribution >= 4 is 49.8 Å². The third kappa shape index (κ3) is 2.93. The molecule has 1 fully saturated rings. The molecule has 3 rings (SSSR count). The number of fused-ring (bicyclic) bond motifs is 1. The summed E-state index contributed by atoms with van der Waals surface area (Å²) in [4.78, 5) is 24.7. The van der Waals surface area contributed by atoms with E-state index in [-0.39, 0.29) is 34.2 Å². The molecule has 128 valence electrons. The smallest absolute Gasteiger partial charge is 0.286 e. The highest BCUT2D eigenvalue weighted by Crippen LogP contribution is 2.38.